The van der Waals surface area contributed by atoms with Crippen LogP contribution in [0.25, 0.3) is 0 Å². The van der Waals surface area contributed by atoms with E-state index < -0.39 is 11.7 Å². The zero-order chi connectivity index (χ0) is 15.6. The molecule has 110 valence electrons. The van der Waals surface area contributed by atoms with Crippen LogP contribution in [0.4, 0.5) is 15.8 Å². The van der Waals surface area contributed by atoms with E-state index in [2.05, 4.69) is 5.32 Å². The lowest BCUT2D eigenvalue weighted by Gasteiger charge is -2.15. The summed E-state index contributed by atoms with van der Waals surface area (Å²) in [6.45, 7) is 0. The fraction of sp³-hybridized carbons (Fsp3) is 0.133. The Hall–Kier alpha value is -1.78. The molecule has 0 unspecified atom stereocenters. The first kappa shape index (κ1) is 15.6. The summed E-state index contributed by atoms with van der Waals surface area (Å²) in [6.07, 6.45) is 0. The maximum atomic E-state index is 13.6. The van der Waals surface area contributed by atoms with E-state index in [0.717, 1.165) is 11.8 Å². The van der Waals surface area contributed by atoms with Crippen molar-refractivity contribution in [2.75, 3.05) is 24.3 Å². The van der Waals surface area contributed by atoms with Gasteiger partial charge in [-0.25, -0.2) is 4.39 Å². The van der Waals surface area contributed by atoms with Gasteiger partial charge in [-0.05, 0) is 36.4 Å². The molecule has 0 aliphatic heterocycles. The molecule has 0 bridgehead atoms. The smallest absolute Gasteiger partial charge is 0.258 e. The van der Waals surface area contributed by atoms with Crippen molar-refractivity contribution in [1.82, 2.24) is 0 Å². The topological polar surface area (TPSA) is 32.3 Å². The van der Waals surface area contributed by atoms with Crippen LogP contribution in [0.5, 0.6) is 0 Å². The molecule has 0 aromatic heterocycles. The highest BCUT2D eigenvalue weighted by Gasteiger charge is 2.13. The molecule has 0 aliphatic carbocycles. The summed E-state index contributed by atoms with van der Waals surface area (Å²) in [5, 5.41) is 3.38. The molecule has 0 aliphatic rings. The van der Waals surface area contributed by atoms with Gasteiger partial charge in [0.2, 0.25) is 0 Å². The van der Waals surface area contributed by atoms with Crippen LogP contribution in [0.2, 0.25) is 10.0 Å². The second kappa shape index (κ2) is 6.33. The molecule has 0 fully saturated rings. The first-order valence-electron chi connectivity index (χ1n) is 6.12. The van der Waals surface area contributed by atoms with E-state index in [0.29, 0.717) is 15.7 Å². The monoisotopic (exact) mass is 326 g/mol. The number of carbonyl (C=O) groups is 1. The van der Waals surface area contributed by atoms with Gasteiger partial charge in [0.1, 0.15) is 5.82 Å². The van der Waals surface area contributed by atoms with Crippen molar-refractivity contribution in [3.8, 4) is 0 Å². The second-order valence-electron chi connectivity index (χ2n) is 4.64. The predicted octanol–water partition coefficient (Wildman–Crippen LogP) is 4.45. The van der Waals surface area contributed by atoms with Gasteiger partial charge >= 0.3 is 0 Å². The number of benzene rings is 2. The normalized spacial score (nSPS) is 10.3. The highest BCUT2D eigenvalue weighted by molar-refractivity contribution is 6.33. The second-order valence-corrected chi connectivity index (χ2v) is 5.48. The summed E-state index contributed by atoms with van der Waals surface area (Å²) in [5.41, 5.74) is 1.19. The minimum Gasteiger partial charge on any atom is -0.376 e. The van der Waals surface area contributed by atoms with Crippen LogP contribution in [0.1, 0.15) is 10.4 Å². The SMILES string of the molecule is CN(C)c1ccc(NC(=O)c2cc(Cl)ccc2F)cc1Cl. The van der Waals surface area contributed by atoms with Crippen LogP contribution in [-0.4, -0.2) is 20.0 Å². The Morgan fingerprint density at radius 3 is 2.48 bits per heavy atom. The Bertz CT molecular complexity index is 689. The largest absolute Gasteiger partial charge is 0.376 e. The number of hydrogen-bond acceptors (Lipinski definition) is 2. The van der Waals surface area contributed by atoms with Crippen LogP contribution in [0, 0.1) is 5.82 Å². The molecule has 1 amide bonds. The molecular formula is C15H13Cl2FN2O. The molecule has 2 aromatic carbocycles. The molecule has 1 N–H and O–H groups in total. The Kier molecular flexibility index (Phi) is 4.70. The average Bonchev–Trinajstić information content (AvgIpc) is 2.41. The lowest BCUT2D eigenvalue weighted by molar-refractivity contribution is 0.102. The maximum Gasteiger partial charge on any atom is 0.258 e. The third kappa shape index (κ3) is 3.65. The number of hydrogen-bond donors (Lipinski definition) is 1. The number of rotatable bonds is 3. The van der Waals surface area contributed by atoms with Gasteiger partial charge in [0.05, 0.1) is 16.3 Å². The summed E-state index contributed by atoms with van der Waals surface area (Å²) in [4.78, 5) is 13.9. The van der Waals surface area contributed by atoms with E-state index in [1.807, 2.05) is 19.0 Å². The molecule has 6 heteroatoms. The Balaban J connectivity index is 2.24. The van der Waals surface area contributed by atoms with Gasteiger partial charge in [0.15, 0.2) is 0 Å². The van der Waals surface area contributed by atoms with Crippen molar-refractivity contribution < 1.29 is 9.18 Å². The standard InChI is InChI=1S/C15H13Cl2FN2O/c1-20(2)14-6-4-10(8-12(14)17)19-15(21)11-7-9(16)3-5-13(11)18/h3-8H,1-2H3,(H,19,21). The van der Waals surface area contributed by atoms with Crippen molar-refractivity contribution in [2.24, 2.45) is 0 Å². The first-order valence-corrected chi connectivity index (χ1v) is 6.87. The maximum absolute atomic E-state index is 13.6. The van der Waals surface area contributed by atoms with Crippen molar-refractivity contribution in [1.29, 1.82) is 0 Å². The van der Waals surface area contributed by atoms with Crippen LogP contribution in [0.3, 0.4) is 0 Å². The van der Waals surface area contributed by atoms with E-state index in [4.69, 9.17) is 23.2 Å². The highest BCUT2D eigenvalue weighted by Crippen LogP contribution is 2.27. The zero-order valence-electron chi connectivity index (χ0n) is 11.5. The van der Waals surface area contributed by atoms with Crippen molar-refractivity contribution >= 4 is 40.5 Å². The van der Waals surface area contributed by atoms with Gasteiger partial charge in [0.25, 0.3) is 5.91 Å². The van der Waals surface area contributed by atoms with E-state index >= 15 is 0 Å². The number of anilines is 2. The number of carbonyl (C=O) groups excluding carboxylic acids is 1. The van der Waals surface area contributed by atoms with Gasteiger partial charge in [-0.15, -0.1) is 0 Å². The highest BCUT2D eigenvalue weighted by atomic mass is 35.5. The number of nitrogens with one attached hydrogen (secondary N) is 1. The summed E-state index contributed by atoms with van der Waals surface area (Å²) in [7, 11) is 3.72. The fourth-order valence-corrected chi connectivity index (χ4v) is 2.34. The van der Waals surface area contributed by atoms with Gasteiger partial charge in [0, 0.05) is 24.8 Å². The molecule has 3 nitrogen and oxygen atoms in total. The van der Waals surface area contributed by atoms with Crippen molar-refractivity contribution in [3.63, 3.8) is 0 Å². The van der Waals surface area contributed by atoms with Crippen molar-refractivity contribution in [3.05, 3.63) is 57.8 Å². The molecule has 2 aromatic rings. The number of halogens is 3. The van der Waals surface area contributed by atoms with E-state index in [1.165, 1.54) is 12.1 Å². The molecule has 0 radical (unpaired) electrons. The molecule has 0 saturated carbocycles. The summed E-state index contributed by atoms with van der Waals surface area (Å²) < 4.78 is 13.6. The van der Waals surface area contributed by atoms with E-state index in [9.17, 15) is 9.18 Å². The minimum atomic E-state index is -0.632. The Morgan fingerprint density at radius 2 is 1.86 bits per heavy atom. The van der Waals surface area contributed by atoms with E-state index in [1.54, 1.807) is 18.2 Å². The van der Waals surface area contributed by atoms with Gasteiger partial charge in [-0.1, -0.05) is 23.2 Å². The molecule has 0 atom stereocenters. The van der Waals surface area contributed by atoms with Crippen molar-refractivity contribution in [2.45, 2.75) is 0 Å². The molecule has 2 rings (SSSR count). The summed E-state index contributed by atoms with van der Waals surface area (Å²) in [5.74, 6) is -1.21. The number of nitrogens with zero attached hydrogens (tertiary/aromatic N) is 1. The molecule has 21 heavy (non-hydrogen) atoms. The zero-order valence-corrected chi connectivity index (χ0v) is 13.0. The van der Waals surface area contributed by atoms with Crippen LogP contribution >= 0.6 is 23.2 Å². The third-order valence-corrected chi connectivity index (χ3v) is 3.40. The van der Waals surface area contributed by atoms with Crippen LogP contribution in [0.15, 0.2) is 36.4 Å². The molecule has 0 heterocycles. The molecule has 0 spiro atoms. The molecule has 0 saturated heterocycles. The first-order chi connectivity index (χ1) is 9.88. The van der Waals surface area contributed by atoms with Gasteiger partial charge in [-0.3, -0.25) is 4.79 Å². The van der Waals surface area contributed by atoms with Crippen LogP contribution < -0.4 is 10.2 Å². The van der Waals surface area contributed by atoms with Gasteiger partial charge < -0.3 is 10.2 Å². The summed E-state index contributed by atoms with van der Waals surface area (Å²) in [6, 6.07) is 8.89. The fourth-order valence-electron chi connectivity index (χ4n) is 1.82. The lowest BCUT2D eigenvalue weighted by Crippen LogP contribution is -2.14. The Morgan fingerprint density at radius 1 is 1.14 bits per heavy atom. The summed E-state index contributed by atoms with van der Waals surface area (Å²) >= 11 is 11.9. The lowest BCUT2D eigenvalue weighted by atomic mass is 10.2. The average molecular weight is 327 g/mol. The number of amides is 1. The quantitative estimate of drug-likeness (QED) is 0.903. The predicted molar refractivity (Wildman–Crippen MR) is 85.1 cm³/mol. The Labute approximate surface area is 132 Å². The molecular weight excluding hydrogens is 314 g/mol. The third-order valence-electron chi connectivity index (χ3n) is 2.86. The minimum absolute atomic E-state index is 0.115. The van der Waals surface area contributed by atoms with Crippen LogP contribution in [-0.2, 0) is 0 Å². The van der Waals surface area contributed by atoms with E-state index in [-0.39, 0.29) is 5.56 Å². The van der Waals surface area contributed by atoms with Gasteiger partial charge in [-0.2, -0.15) is 0 Å².